The molecule has 0 aliphatic carbocycles. The fourth-order valence-electron chi connectivity index (χ4n) is 1.59. The molecule has 0 atom stereocenters. The fourth-order valence-corrected chi connectivity index (χ4v) is 1.59. The molecule has 2 aromatic rings. The normalized spacial score (nSPS) is 10.2. The maximum absolute atomic E-state index is 9.54. The fraction of sp³-hybridized carbons (Fsp3) is 0.143. The summed E-state index contributed by atoms with van der Waals surface area (Å²) in [6.45, 7) is 2.40. The predicted molar refractivity (Wildman–Crippen MR) is 65.3 cm³/mol. The quantitative estimate of drug-likeness (QED) is 0.852. The summed E-state index contributed by atoms with van der Waals surface area (Å²) in [6.07, 6.45) is 0. The number of phenols is 2. The van der Waals surface area contributed by atoms with Gasteiger partial charge in [0.25, 0.3) is 0 Å². The Bertz CT molecular complexity index is 521. The van der Waals surface area contributed by atoms with Crippen molar-refractivity contribution in [2.75, 3.05) is 0 Å². The van der Waals surface area contributed by atoms with Crippen LogP contribution >= 0.6 is 0 Å². The van der Waals surface area contributed by atoms with Crippen molar-refractivity contribution < 1.29 is 14.9 Å². The Morgan fingerprint density at radius 1 is 1.06 bits per heavy atom. The van der Waals surface area contributed by atoms with Gasteiger partial charge < -0.3 is 14.9 Å². The number of rotatable bonds is 3. The van der Waals surface area contributed by atoms with Crippen molar-refractivity contribution in [1.82, 2.24) is 0 Å². The molecule has 0 spiro atoms. The molecule has 0 bridgehead atoms. The van der Waals surface area contributed by atoms with Gasteiger partial charge in [-0.1, -0.05) is 29.8 Å². The zero-order valence-corrected chi connectivity index (χ0v) is 9.55. The van der Waals surface area contributed by atoms with Crippen LogP contribution in [0.3, 0.4) is 0 Å². The van der Waals surface area contributed by atoms with Gasteiger partial charge in [-0.25, -0.2) is 0 Å². The molecule has 88 valence electrons. The first-order valence-electron chi connectivity index (χ1n) is 5.35. The highest BCUT2D eigenvalue weighted by atomic mass is 16.5. The molecule has 0 aliphatic heterocycles. The molecule has 2 aromatic carbocycles. The van der Waals surface area contributed by atoms with E-state index < -0.39 is 0 Å². The topological polar surface area (TPSA) is 49.7 Å². The zero-order chi connectivity index (χ0) is 12.3. The highest BCUT2D eigenvalue weighted by molar-refractivity contribution is 5.43. The molecule has 0 saturated heterocycles. The van der Waals surface area contributed by atoms with Crippen LogP contribution in [-0.2, 0) is 6.61 Å². The van der Waals surface area contributed by atoms with Crippen molar-refractivity contribution in [3.8, 4) is 17.2 Å². The van der Waals surface area contributed by atoms with Crippen molar-refractivity contribution in [3.63, 3.8) is 0 Å². The summed E-state index contributed by atoms with van der Waals surface area (Å²) in [5.41, 5.74) is 2.21. The van der Waals surface area contributed by atoms with Gasteiger partial charge in [0, 0.05) is 6.07 Å². The van der Waals surface area contributed by atoms with E-state index in [1.807, 2.05) is 31.2 Å². The summed E-state index contributed by atoms with van der Waals surface area (Å²) < 4.78 is 5.47. The Hall–Kier alpha value is -2.16. The Morgan fingerprint density at radius 3 is 2.59 bits per heavy atom. The first-order chi connectivity index (χ1) is 8.15. The maximum atomic E-state index is 9.54. The molecule has 0 amide bonds. The molecule has 0 saturated carbocycles. The highest BCUT2D eigenvalue weighted by Crippen LogP contribution is 2.30. The minimum Gasteiger partial charge on any atom is -0.508 e. The van der Waals surface area contributed by atoms with E-state index in [0.29, 0.717) is 12.4 Å². The van der Waals surface area contributed by atoms with Crippen LogP contribution < -0.4 is 4.74 Å². The average molecular weight is 230 g/mol. The average Bonchev–Trinajstić information content (AvgIpc) is 2.28. The molecule has 0 fully saturated rings. The van der Waals surface area contributed by atoms with Gasteiger partial charge in [-0.2, -0.15) is 0 Å². The van der Waals surface area contributed by atoms with E-state index in [2.05, 4.69) is 0 Å². The van der Waals surface area contributed by atoms with Crippen molar-refractivity contribution >= 4 is 0 Å². The second-order valence-corrected chi connectivity index (χ2v) is 3.93. The SMILES string of the molecule is Cc1cccc(COc2ccc(O)cc2O)c1. The summed E-state index contributed by atoms with van der Waals surface area (Å²) in [5, 5.41) is 18.7. The molecule has 0 aliphatic rings. The third-order valence-corrected chi connectivity index (χ3v) is 2.42. The molecule has 0 heterocycles. The molecule has 17 heavy (non-hydrogen) atoms. The van der Waals surface area contributed by atoms with E-state index in [9.17, 15) is 5.11 Å². The number of aromatic hydroxyl groups is 2. The molecular weight excluding hydrogens is 216 g/mol. The van der Waals surface area contributed by atoms with Crippen LogP contribution in [0.2, 0.25) is 0 Å². The van der Waals surface area contributed by atoms with Crippen LogP contribution in [-0.4, -0.2) is 10.2 Å². The second kappa shape index (κ2) is 4.78. The first kappa shape index (κ1) is 11.3. The lowest BCUT2D eigenvalue weighted by atomic mass is 10.1. The van der Waals surface area contributed by atoms with Crippen LogP contribution in [0.15, 0.2) is 42.5 Å². The van der Waals surface area contributed by atoms with Crippen LogP contribution in [0.5, 0.6) is 17.2 Å². The number of hydrogen-bond acceptors (Lipinski definition) is 3. The van der Waals surface area contributed by atoms with E-state index in [4.69, 9.17) is 9.84 Å². The zero-order valence-electron chi connectivity index (χ0n) is 9.55. The van der Waals surface area contributed by atoms with Gasteiger partial charge in [0.2, 0.25) is 0 Å². The monoisotopic (exact) mass is 230 g/mol. The summed E-state index contributed by atoms with van der Waals surface area (Å²) in [5.74, 6) is 0.326. The molecule has 3 heteroatoms. The Morgan fingerprint density at radius 2 is 1.88 bits per heavy atom. The minimum absolute atomic E-state index is 0.0189. The van der Waals surface area contributed by atoms with Crippen molar-refractivity contribution in [1.29, 1.82) is 0 Å². The lowest BCUT2D eigenvalue weighted by Gasteiger charge is -2.08. The van der Waals surface area contributed by atoms with Gasteiger partial charge in [-0.3, -0.25) is 0 Å². The van der Waals surface area contributed by atoms with E-state index in [0.717, 1.165) is 5.56 Å². The number of aryl methyl sites for hydroxylation is 1. The number of phenolic OH excluding ortho intramolecular Hbond substituents is 2. The molecule has 0 unspecified atom stereocenters. The van der Waals surface area contributed by atoms with Crippen LogP contribution in [0.4, 0.5) is 0 Å². The van der Waals surface area contributed by atoms with Crippen molar-refractivity contribution in [2.24, 2.45) is 0 Å². The van der Waals surface area contributed by atoms with E-state index in [-0.39, 0.29) is 11.5 Å². The molecule has 0 radical (unpaired) electrons. The predicted octanol–water partition coefficient (Wildman–Crippen LogP) is 2.99. The van der Waals surface area contributed by atoms with Crippen molar-refractivity contribution in [3.05, 3.63) is 53.6 Å². The number of ether oxygens (including phenoxy) is 1. The van der Waals surface area contributed by atoms with Gasteiger partial charge in [0.15, 0.2) is 11.5 Å². The lowest BCUT2D eigenvalue weighted by molar-refractivity contribution is 0.288. The lowest BCUT2D eigenvalue weighted by Crippen LogP contribution is -1.95. The Balaban J connectivity index is 2.07. The smallest absolute Gasteiger partial charge is 0.161 e. The summed E-state index contributed by atoms with van der Waals surface area (Å²) in [6, 6.07) is 12.2. The minimum atomic E-state index is -0.0577. The van der Waals surface area contributed by atoms with E-state index >= 15 is 0 Å². The van der Waals surface area contributed by atoms with E-state index in [1.54, 1.807) is 6.07 Å². The molecule has 3 nitrogen and oxygen atoms in total. The molecule has 0 aromatic heterocycles. The van der Waals surface area contributed by atoms with Gasteiger partial charge in [-0.15, -0.1) is 0 Å². The van der Waals surface area contributed by atoms with Gasteiger partial charge in [0.05, 0.1) is 0 Å². The first-order valence-corrected chi connectivity index (χ1v) is 5.35. The van der Waals surface area contributed by atoms with Crippen LogP contribution in [0.1, 0.15) is 11.1 Å². The summed E-state index contributed by atoms with van der Waals surface area (Å²) in [7, 11) is 0. The molecule has 2 N–H and O–H groups in total. The van der Waals surface area contributed by atoms with E-state index in [1.165, 1.54) is 17.7 Å². The van der Waals surface area contributed by atoms with Gasteiger partial charge >= 0.3 is 0 Å². The Labute approximate surface area is 99.9 Å². The van der Waals surface area contributed by atoms with Gasteiger partial charge in [-0.05, 0) is 24.6 Å². The maximum Gasteiger partial charge on any atom is 0.161 e. The summed E-state index contributed by atoms with van der Waals surface area (Å²) >= 11 is 0. The van der Waals surface area contributed by atoms with Crippen molar-refractivity contribution in [2.45, 2.75) is 13.5 Å². The largest absolute Gasteiger partial charge is 0.508 e. The Kier molecular flexibility index (Phi) is 3.19. The molecule has 2 rings (SSSR count). The summed E-state index contributed by atoms with van der Waals surface area (Å²) in [4.78, 5) is 0. The third kappa shape index (κ3) is 2.91. The van der Waals surface area contributed by atoms with Crippen LogP contribution in [0, 0.1) is 6.92 Å². The molecular formula is C14H14O3. The van der Waals surface area contributed by atoms with Crippen LogP contribution in [0.25, 0.3) is 0 Å². The standard InChI is InChI=1S/C14H14O3/c1-10-3-2-4-11(7-10)9-17-14-6-5-12(15)8-13(14)16/h2-8,15-16H,9H2,1H3. The van der Waals surface area contributed by atoms with Gasteiger partial charge in [0.1, 0.15) is 12.4 Å². The number of hydrogen-bond donors (Lipinski definition) is 2. The second-order valence-electron chi connectivity index (χ2n) is 3.93. The highest BCUT2D eigenvalue weighted by Gasteiger charge is 2.03. The number of benzene rings is 2. The third-order valence-electron chi connectivity index (χ3n) is 2.42.